The number of hydrogen-bond acceptors (Lipinski definition) is 1. The normalized spacial score (nSPS) is 0. The average molecular weight is 231 g/mol. The Morgan fingerprint density at radius 3 is 0.667 bits per heavy atom. The second kappa shape index (κ2) is 123. The Morgan fingerprint density at radius 1 is 0.667 bits per heavy atom. The van der Waals surface area contributed by atoms with Gasteiger partial charge in [0.25, 0.3) is 0 Å². The van der Waals surface area contributed by atoms with Crippen molar-refractivity contribution in [2.24, 2.45) is 0 Å². The summed E-state index contributed by atoms with van der Waals surface area (Å²) in [6.45, 7) is 0. The molecule has 0 aromatic rings. The van der Waals surface area contributed by atoms with Crippen LogP contribution in [0.3, 0.4) is 0 Å². The fourth-order valence-corrected chi connectivity index (χ4v) is 0. The maximum Gasteiger partial charge on any atom is 3.00 e. The Morgan fingerprint density at radius 2 is 0.667 bits per heavy atom. The standard InChI is InChI=1S/Nd.4H2O.O/h;4*1H2;/q+3;;;;;-2/p-1. The van der Waals surface area contributed by atoms with Crippen LogP contribution in [0.5, 0.6) is 0 Å². The molecule has 0 aromatic heterocycles. The van der Waals surface area contributed by atoms with E-state index < -0.39 is 0 Å². The largest absolute Gasteiger partial charge is 3.00 e. The Kier molecular flexibility index (Phi) is 4200. The van der Waals surface area contributed by atoms with Crippen molar-refractivity contribution in [2.75, 3.05) is 0 Å². The quantitative estimate of drug-likeness (QED) is 0.435. The molecule has 0 bridgehead atoms. The summed E-state index contributed by atoms with van der Waals surface area (Å²) in [7, 11) is 0. The van der Waals surface area contributed by atoms with Crippen LogP contribution in [0.1, 0.15) is 0 Å². The minimum Gasteiger partial charge on any atom is -2.00 e. The average Bonchev–Trinajstić information content (AvgIpc) is 0. The van der Waals surface area contributed by atoms with Crippen LogP contribution in [-0.2, 0) is 5.48 Å². The third-order valence-corrected chi connectivity index (χ3v) is 0. The fraction of sp³-hybridized carbons (Fsp3) is 0. The Balaban J connectivity index is 0. The molecule has 6 heteroatoms. The first-order valence-electron chi connectivity index (χ1n) is 0. The van der Waals surface area contributed by atoms with E-state index in [-0.39, 0.29) is 68.2 Å². The van der Waals surface area contributed by atoms with Crippen LogP contribution in [0.2, 0.25) is 0 Å². The SMILES string of the molecule is O.O.O.[Nd+3].[O-2].[OH-]. The zero-order chi connectivity index (χ0) is 0. The summed E-state index contributed by atoms with van der Waals surface area (Å²) in [5, 5.41) is 0. The van der Waals surface area contributed by atoms with Crippen molar-refractivity contribution in [3.8, 4) is 0 Å². The molecule has 0 spiro atoms. The van der Waals surface area contributed by atoms with E-state index in [0.717, 1.165) is 0 Å². The molecule has 0 aliphatic carbocycles. The van der Waals surface area contributed by atoms with Gasteiger partial charge >= 0.3 is 40.8 Å². The van der Waals surface area contributed by atoms with Crippen LogP contribution >= 0.6 is 0 Å². The Hall–Kier alpha value is 1.15. The predicted molar refractivity (Wildman–Crippen MR) is 13.5 cm³/mol. The van der Waals surface area contributed by atoms with E-state index in [0.29, 0.717) is 0 Å². The van der Waals surface area contributed by atoms with E-state index in [1.807, 2.05) is 0 Å². The van der Waals surface area contributed by atoms with Gasteiger partial charge in [-0.1, -0.05) is 0 Å². The summed E-state index contributed by atoms with van der Waals surface area (Å²) < 4.78 is 0. The monoisotopic (exact) mass is 229 g/mol. The van der Waals surface area contributed by atoms with Gasteiger partial charge in [0.15, 0.2) is 0 Å². The summed E-state index contributed by atoms with van der Waals surface area (Å²) in [6, 6.07) is 0. The van der Waals surface area contributed by atoms with Crippen LogP contribution in [0, 0.1) is 40.8 Å². The fourth-order valence-electron chi connectivity index (χ4n) is 0. The van der Waals surface area contributed by atoms with Crippen molar-refractivity contribution in [2.45, 2.75) is 0 Å². The third kappa shape index (κ3) is 67.0. The first-order valence-corrected chi connectivity index (χ1v) is 0. The van der Waals surface area contributed by atoms with Gasteiger partial charge in [-0.05, 0) is 0 Å². The van der Waals surface area contributed by atoms with Gasteiger partial charge in [-0.2, -0.15) is 0 Å². The first-order chi connectivity index (χ1) is 0. The van der Waals surface area contributed by atoms with Gasteiger partial charge in [0.05, 0.1) is 0 Å². The van der Waals surface area contributed by atoms with Gasteiger partial charge in [-0.25, -0.2) is 0 Å². The summed E-state index contributed by atoms with van der Waals surface area (Å²) in [6.07, 6.45) is 0. The topological polar surface area (TPSA) is 153 Å². The summed E-state index contributed by atoms with van der Waals surface area (Å²) in [5.74, 6) is 0. The maximum atomic E-state index is 0. The minimum atomic E-state index is 0. The maximum absolute atomic E-state index is 0. The molecule has 41 valence electrons. The van der Waals surface area contributed by atoms with E-state index in [1.54, 1.807) is 0 Å². The molecule has 0 saturated heterocycles. The van der Waals surface area contributed by atoms with Gasteiger partial charge < -0.3 is 27.4 Å². The van der Waals surface area contributed by atoms with Crippen LogP contribution in [0.4, 0.5) is 0 Å². The van der Waals surface area contributed by atoms with Crippen molar-refractivity contribution in [1.29, 1.82) is 0 Å². The molecule has 1 radical (unpaired) electrons. The van der Waals surface area contributed by atoms with E-state index >= 15 is 0 Å². The summed E-state index contributed by atoms with van der Waals surface area (Å²) in [4.78, 5) is 0. The Labute approximate surface area is 67.8 Å². The van der Waals surface area contributed by atoms with Gasteiger partial charge in [-0.3, -0.25) is 0 Å². The van der Waals surface area contributed by atoms with Crippen molar-refractivity contribution >= 4 is 0 Å². The van der Waals surface area contributed by atoms with Crippen molar-refractivity contribution in [3.63, 3.8) is 0 Å². The van der Waals surface area contributed by atoms with Crippen molar-refractivity contribution in [1.82, 2.24) is 0 Å². The molecular formula is H7NdO5. The predicted octanol–water partition coefficient (Wildman–Crippen LogP) is -2.77. The van der Waals surface area contributed by atoms with Gasteiger partial charge in [0.1, 0.15) is 0 Å². The van der Waals surface area contributed by atoms with Crippen molar-refractivity contribution in [3.05, 3.63) is 0 Å². The second-order valence-electron chi connectivity index (χ2n) is 0. The Bertz CT molecular complexity index is 3.90. The molecule has 5 nitrogen and oxygen atoms in total. The third-order valence-electron chi connectivity index (χ3n) is 0. The van der Waals surface area contributed by atoms with Crippen LogP contribution in [0.25, 0.3) is 0 Å². The van der Waals surface area contributed by atoms with E-state index in [9.17, 15) is 0 Å². The van der Waals surface area contributed by atoms with E-state index in [1.165, 1.54) is 0 Å². The van der Waals surface area contributed by atoms with Crippen LogP contribution in [-0.4, -0.2) is 21.9 Å². The second-order valence-corrected chi connectivity index (χ2v) is 0. The minimum absolute atomic E-state index is 0. The molecule has 0 heterocycles. The molecule has 0 fully saturated rings. The van der Waals surface area contributed by atoms with E-state index in [4.69, 9.17) is 0 Å². The molecule has 7 N–H and O–H groups in total. The zero-order valence-corrected chi connectivity index (χ0v) is 6.06. The molecule has 6 heavy (non-hydrogen) atoms. The molecule has 0 aliphatic rings. The molecule has 0 rings (SSSR count). The first kappa shape index (κ1) is 204. The van der Waals surface area contributed by atoms with Crippen LogP contribution < -0.4 is 0 Å². The molecular weight excluding hydrogens is 224 g/mol. The van der Waals surface area contributed by atoms with Crippen LogP contribution in [0.15, 0.2) is 0 Å². The molecule has 0 atom stereocenters. The molecule has 0 aromatic carbocycles. The summed E-state index contributed by atoms with van der Waals surface area (Å²) in [5.41, 5.74) is 0. The zero-order valence-electron chi connectivity index (χ0n) is 2.86. The summed E-state index contributed by atoms with van der Waals surface area (Å²) >= 11 is 0. The smallest absolute Gasteiger partial charge is 2.00 e. The van der Waals surface area contributed by atoms with E-state index in [2.05, 4.69) is 0 Å². The van der Waals surface area contributed by atoms with Gasteiger partial charge in [0.2, 0.25) is 0 Å². The van der Waals surface area contributed by atoms with Gasteiger partial charge in [-0.15, -0.1) is 0 Å². The molecule has 0 unspecified atom stereocenters. The molecule has 0 saturated carbocycles. The number of rotatable bonds is 0. The number of hydrogen-bond donors (Lipinski definition) is 0. The van der Waals surface area contributed by atoms with Crippen molar-refractivity contribution < 1.29 is 68.2 Å². The van der Waals surface area contributed by atoms with Gasteiger partial charge in [0, 0.05) is 0 Å². The molecule has 0 aliphatic heterocycles. The molecule has 0 amide bonds.